The maximum absolute atomic E-state index is 8.38. The number of aromatic amines is 2. The molecule has 2 N–H and O–H groups in total. The average molecular weight is 766 g/mol. The number of nitrogens with zero attached hydrogens (tertiary/aromatic N) is 1. The van der Waals surface area contributed by atoms with Crippen LogP contribution in [0.15, 0.2) is 176 Å². The molecule has 2 heterocycles. The van der Waals surface area contributed by atoms with Crippen molar-refractivity contribution in [3.63, 3.8) is 0 Å². The summed E-state index contributed by atoms with van der Waals surface area (Å²) in [5.41, 5.74) is 3.56. The molecule has 0 amide bonds. The molecule has 46 heavy (non-hydrogen) atoms. The third kappa shape index (κ3) is 9.89. The first-order valence-corrected chi connectivity index (χ1v) is 15.0. The molecule has 9 rings (SSSR count). The van der Waals surface area contributed by atoms with Crippen LogP contribution in [-0.2, 0) is 27.5 Å². The number of hydrogen-bond donors (Lipinski definition) is 2. The molecule has 0 fully saturated rings. The third-order valence-electron chi connectivity index (χ3n) is 7.19. The summed E-state index contributed by atoms with van der Waals surface area (Å²) in [7, 11) is 0. The predicted octanol–water partition coefficient (Wildman–Crippen LogP) is 10.9. The summed E-state index contributed by atoms with van der Waals surface area (Å²) < 4.78 is 0. The largest absolute Gasteiger partial charge is 2.00 e. The Balaban J connectivity index is 0.000000135. The second-order valence-corrected chi connectivity index (χ2v) is 10.2. The van der Waals surface area contributed by atoms with E-state index in [2.05, 4.69) is 125 Å². The van der Waals surface area contributed by atoms with E-state index in [1.54, 1.807) is 12.1 Å². The van der Waals surface area contributed by atoms with Crippen molar-refractivity contribution >= 4 is 44.6 Å². The van der Waals surface area contributed by atoms with Gasteiger partial charge in [0.15, 0.2) is 0 Å². The monoisotopic (exact) mass is 765 g/mol. The summed E-state index contributed by atoms with van der Waals surface area (Å²) in [5.74, 6) is 0. The Bertz CT molecular complexity index is 1960. The van der Waals surface area contributed by atoms with E-state index in [1.165, 1.54) is 43.4 Å². The number of nitrogens with one attached hydrogen (secondary N) is 2. The van der Waals surface area contributed by atoms with E-state index in [1.807, 2.05) is 61.2 Å². The average Bonchev–Trinajstić information content (AvgIpc) is 3.94. The number of benzene rings is 6. The zero-order valence-corrected chi connectivity index (χ0v) is 28.4. The van der Waals surface area contributed by atoms with Crippen LogP contribution in [0.3, 0.4) is 0 Å². The van der Waals surface area contributed by atoms with E-state index in [9.17, 15) is 0 Å². The molecule has 3 nitrogen and oxygen atoms in total. The minimum atomic E-state index is 0. The zero-order valence-electron chi connectivity index (χ0n) is 25.5. The molecule has 0 atom stereocenters. The molecule has 8 aromatic rings. The molecule has 0 spiro atoms. The predicted molar refractivity (Wildman–Crippen MR) is 194 cm³/mol. The van der Waals surface area contributed by atoms with E-state index < -0.39 is 0 Å². The Morgan fingerprint density at radius 3 is 1.59 bits per heavy atom. The quantitative estimate of drug-likeness (QED) is 0.0950. The van der Waals surface area contributed by atoms with Gasteiger partial charge in [-0.3, -0.25) is 6.21 Å². The summed E-state index contributed by atoms with van der Waals surface area (Å²) in [6.45, 7) is 0. The van der Waals surface area contributed by atoms with Crippen LogP contribution in [0.5, 0.6) is 0 Å². The van der Waals surface area contributed by atoms with Crippen LogP contribution in [0.4, 0.5) is 0 Å². The number of rotatable bonds is 1. The second-order valence-electron chi connectivity index (χ2n) is 10.2. The van der Waals surface area contributed by atoms with E-state index in [4.69, 9.17) is 5.41 Å². The van der Waals surface area contributed by atoms with E-state index in [-0.39, 0.29) is 21.1 Å². The molecular formula is C42H35N3W. The van der Waals surface area contributed by atoms with Crippen molar-refractivity contribution in [2.24, 2.45) is 0 Å². The molecule has 2 aromatic heterocycles. The topological polar surface area (TPSA) is 53.9 Å². The Hall–Kier alpha value is -5.24. The molecule has 0 saturated heterocycles. The van der Waals surface area contributed by atoms with Gasteiger partial charge >= 0.3 is 21.1 Å². The van der Waals surface area contributed by atoms with Crippen LogP contribution in [0.1, 0.15) is 16.7 Å². The molecule has 0 radical (unpaired) electrons. The Morgan fingerprint density at radius 2 is 1.09 bits per heavy atom. The maximum atomic E-state index is 8.38. The zero-order chi connectivity index (χ0) is 30.9. The van der Waals surface area contributed by atoms with Crippen LogP contribution < -0.4 is 0 Å². The summed E-state index contributed by atoms with van der Waals surface area (Å²) >= 11 is 0. The van der Waals surface area contributed by atoms with Crippen molar-refractivity contribution in [2.45, 2.75) is 6.42 Å². The molecule has 1 aliphatic rings. The van der Waals surface area contributed by atoms with Crippen LogP contribution >= 0.6 is 0 Å². The van der Waals surface area contributed by atoms with Gasteiger partial charge in [-0.15, -0.1) is 30.3 Å². The summed E-state index contributed by atoms with van der Waals surface area (Å²) in [5, 5.41) is 16.2. The summed E-state index contributed by atoms with van der Waals surface area (Å²) in [6.07, 6.45) is 14.3. The van der Waals surface area contributed by atoms with Gasteiger partial charge in [-0.1, -0.05) is 121 Å². The standard InChI is InChI=1S/C14H10.C9H8.C8H7N.C7H5N.C4H5N.W/c1-3-7-13-11(5-1)9-10-12-6-2-4-8-14(12)13;1-2-5-9-7-3-6-8(9)4-1;1-2-4-8-6-9-5-7(8)3-1;8-6-7-4-2-1-3-5-7;1-2-4-5-3-1;/h1-10H;1-6H,7H2;1-6,9H;1-4,6H;1-5H;/q;;;-2;;+2. The first kappa shape index (κ1) is 33.6. The van der Waals surface area contributed by atoms with Crippen molar-refractivity contribution in [1.82, 2.24) is 9.97 Å². The number of fused-ring (bicyclic) bond motifs is 5. The van der Waals surface area contributed by atoms with Crippen molar-refractivity contribution in [2.75, 3.05) is 0 Å². The van der Waals surface area contributed by atoms with Gasteiger partial charge in [-0.05, 0) is 62.0 Å². The summed E-state index contributed by atoms with van der Waals surface area (Å²) in [6, 6.07) is 52.0. The molecule has 224 valence electrons. The minimum Gasteiger partial charge on any atom is -0.862 e. The molecule has 0 saturated carbocycles. The first-order valence-electron chi connectivity index (χ1n) is 15.0. The number of allylic oxidation sites excluding steroid dienone is 1. The Kier molecular flexibility index (Phi) is 13.6. The smallest absolute Gasteiger partial charge is 0.862 e. The van der Waals surface area contributed by atoms with E-state index in [0.29, 0.717) is 5.56 Å². The molecule has 1 aliphatic carbocycles. The SMILES string of the molecule is C1=Cc2ccccc2C1.[N-]=Cc1[c-]cccc1.[W+2].c1cc[nH]c1.c1ccc2c(c1)ccc1ccccc12.c1ccc2c[nH]cc2c1. The minimum absolute atomic E-state index is 0. The third-order valence-corrected chi connectivity index (χ3v) is 7.19. The number of H-pyrrole nitrogens is 2. The van der Waals surface area contributed by atoms with Crippen molar-refractivity contribution in [1.29, 1.82) is 0 Å². The Morgan fingerprint density at radius 1 is 0.543 bits per heavy atom. The molecule has 6 aromatic carbocycles. The molecule has 0 bridgehead atoms. The molecule has 0 aliphatic heterocycles. The van der Waals surface area contributed by atoms with Crippen LogP contribution in [0, 0.1) is 6.07 Å². The van der Waals surface area contributed by atoms with E-state index in [0.717, 1.165) is 12.6 Å². The first-order chi connectivity index (χ1) is 22.3. The molecule has 0 unspecified atom stereocenters. The van der Waals surface area contributed by atoms with Gasteiger partial charge in [-0.25, -0.2) is 0 Å². The van der Waals surface area contributed by atoms with Crippen LogP contribution in [0.25, 0.3) is 43.8 Å². The van der Waals surface area contributed by atoms with Gasteiger partial charge in [-0.2, -0.15) is 5.56 Å². The van der Waals surface area contributed by atoms with Crippen LogP contribution in [0.2, 0.25) is 0 Å². The van der Waals surface area contributed by atoms with Crippen molar-refractivity contribution in [3.8, 4) is 0 Å². The van der Waals surface area contributed by atoms with E-state index >= 15 is 0 Å². The normalized spacial score (nSPS) is 10.3. The number of aromatic nitrogens is 2. The Labute approximate surface area is 285 Å². The van der Waals surface area contributed by atoms with Crippen molar-refractivity contribution < 1.29 is 21.1 Å². The molecule has 4 heteroatoms. The van der Waals surface area contributed by atoms with Crippen molar-refractivity contribution in [3.05, 3.63) is 205 Å². The van der Waals surface area contributed by atoms with Gasteiger partial charge in [0.25, 0.3) is 0 Å². The second kappa shape index (κ2) is 18.5. The fourth-order valence-corrected chi connectivity index (χ4v) is 4.91. The number of hydrogen-bond acceptors (Lipinski definition) is 0. The van der Waals surface area contributed by atoms with Crippen LogP contribution in [-0.4, -0.2) is 16.2 Å². The fraction of sp³-hybridized carbons (Fsp3) is 0.0238. The van der Waals surface area contributed by atoms with Gasteiger partial charge in [0.05, 0.1) is 0 Å². The molecular weight excluding hydrogens is 730 g/mol. The van der Waals surface area contributed by atoms with Gasteiger partial charge in [0.2, 0.25) is 0 Å². The summed E-state index contributed by atoms with van der Waals surface area (Å²) in [4.78, 5) is 5.90. The van der Waals surface area contributed by atoms with Gasteiger partial charge in [0, 0.05) is 24.8 Å². The maximum Gasteiger partial charge on any atom is 2.00 e. The fourth-order valence-electron chi connectivity index (χ4n) is 4.91. The van der Waals surface area contributed by atoms with Gasteiger partial charge in [0.1, 0.15) is 0 Å². The van der Waals surface area contributed by atoms with Gasteiger partial charge < -0.3 is 15.4 Å².